The lowest BCUT2D eigenvalue weighted by atomic mass is 9.79. The smallest absolute Gasteiger partial charge is 0.413 e. The van der Waals surface area contributed by atoms with E-state index in [1.54, 1.807) is 72.8 Å². The number of carbonyl (C=O) groups is 3. The fourth-order valence-corrected chi connectivity index (χ4v) is 4.98. The first-order valence-electron chi connectivity index (χ1n) is 12.8. The molecule has 3 aromatic rings. The second-order valence-corrected chi connectivity index (χ2v) is 10.3. The van der Waals surface area contributed by atoms with Crippen molar-refractivity contribution >= 4 is 46.9 Å². The number of nitrogens with one attached hydrogen (secondary N) is 1. The van der Waals surface area contributed by atoms with Crippen molar-refractivity contribution in [2.75, 3.05) is 29.7 Å². The Hall–Kier alpha value is -3.75. The van der Waals surface area contributed by atoms with Crippen LogP contribution < -0.4 is 20.7 Å². The van der Waals surface area contributed by atoms with Crippen LogP contribution in [-0.4, -0.2) is 53.5 Å². The number of alkyl halides is 2. The van der Waals surface area contributed by atoms with Crippen molar-refractivity contribution in [2.45, 2.75) is 31.2 Å². The number of aliphatic carboxylic acids is 1. The van der Waals surface area contributed by atoms with Crippen LogP contribution in [0, 0.1) is 6.92 Å². The van der Waals surface area contributed by atoms with E-state index in [1.807, 2.05) is 17.9 Å². The highest BCUT2D eigenvalue weighted by molar-refractivity contribution is 6.18. The second-order valence-electron chi connectivity index (χ2n) is 9.50. The molecule has 3 rings (SSSR count). The number of hydrogen-bond acceptors (Lipinski definition) is 5. The van der Waals surface area contributed by atoms with Gasteiger partial charge in [0.05, 0.1) is 5.92 Å². The minimum atomic E-state index is -1.90. The van der Waals surface area contributed by atoms with Crippen LogP contribution in [0.2, 0.25) is 0 Å². The molecule has 8 nitrogen and oxygen atoms in total. The van der Waals surface area contributed by atoms with Crippen molar-refractivity contribution in [3.8, 4) is 5.75 Å². The molecule has 0 aliphatic rings. The number of carboxylic acid groups (broad SMARTS) is 1. The van der Waals surface area contributed by atoms with Gasteiger partial charge in [-0.25, -0.2) is 9.59 Å². The van der Waals surface area contributed by atoms with Gasteiger partial charge in [-0.15, -0.1) is 23.2 Å². The number of rotatable bonds is 14. The number of carbonyl (C=O) groups excluding carboxylic acids is 2. The van der Waals surface area contributed by atoms with E-state index in [0.717, 1.165) is 11.3 Å². The SMILES string of the molecule is Cc1cccc(C(C[C@](Cc2ccccc2)(NC(=O)Oc2ccc(N(CCCl)CCCl)cc2)C(=O)O)C(N)=O)c1. The van der Waals surface area contributed by atoms with Gasteiger partial charge in [0.1, 0.15) is 11.3 Å². The first-order valence-corrected chi connectivity index (χ1v) is 13.8. The van der Waals surface area contributed by atoms with Crippen molar-refractivity contribution < 1.29 is 24.2 Å². The van der Waals surface area contributed by atoms with Crippen LogP contribution in [0.15, 0.2) is 78.9 Å². The Balaban J connectivity index is 1.90. The molecular formula is C30H33Cl2N3O5. The van der Waals surface area contributed by atoms with E-state index in [1.165, 1.54) is 0 Å². The van der Waals surface area contributed by atoms with Crippen LogP contribution in [-0.2, 0) is 16.0 Å². The van der Waals surface area contributed by atoms with Crippen molar-refractivity contribution in [2.24, 2.45) is 5.73 Å². The van der Waals surface area contributed by atoms with Gasteiger partial charge in [0, 0.05) is 37.0 Å². The average Bonchev–Trinajstić information content (AvgIpc) is 2.92. The Bertz CT molecular complexity index is 1280. The molecule has 212 valence electrons. The highest BCUT2D eigenvalue weighted by Crippen LogP contribution is 2.31. The number of anilines is 1. The quantitative estimate of drug-likeness (QED) is 0.226. The monoisotopic (exact) mass is 585 g/mol. The van der Waals surface area contributed by atoms with Gasteiger partial charge in [0.2, 0.25) is 5.91 Å². The normalized spacial score (nSPS) is 13.1. The molecule has 0 bridgehead atoms. The van der Waals surface area contributed by atoms with Gasteiger partial charge in [0.15, 0.2) is 0 Å². The maximum absolute atomic E-state index is 13.1. The standard InChI is InChI=1S/C30H33Cl2N3O5/c1-21-6-5-9-23(18-21)26(27(33)36)20-30(28(37)38,19-22-7-3-2-4-8-22)34-29(39)40-25-12-10-24(11-13-25)35(16-14-31)17-15-32/h2-13,18,26H,14-17,19-20H2,1H3,(H2,33,36)(H,34,39)(H,37,38)/t26?,30-/m0/s1. The van der Waals surface area contributed by atoms with Crippen LogP contribution in [0.5, 0.6) is 5.75 Å². The summed E-state index contributed by atoms with van der Waals surface area (Å²) >= 11 is 11.8. The lowest BCUT2D eigenvalue weighted by Crippen LogP contribution is -2.58. The van der Waals surface area contributed by atoms with Gasteiger partial charge in [-0.05, 0) is 48.7 Å². The molecule has 0 aliphatic carbocycles. The number of benzene rings is 3. The molecule has 2 atom stereocenters. The summed E-state index contributed by atoms with van der Waals surface area (Å²) in [7, 11) is 0. The summed E-state index contributed by atoms with van der Waals surface area (Å²) in [4.78, 5) is 40.6. The third-order valence-electron chi connectivity index (χ3n) is 6.56. The molecule has 0 radical (unpaired) electrons. The lowest BCUT2D eigenvalue weighted by molar-refractivity contribution is -0.145. The van der Waals surface area contributed by atoms with Crippen molar-refractivity contribution in [1.82, 2.24) is 5.32 Å². The number of halogens is 2. The van der Waals surface area contributed by atoms with Gasteiger partial charge in [-0.3, -0.25) is 4.79 Å². The van der Waals surface area contributed by atoms with Crippen LogP contribution in [0.3, 0.4) is 0 Å². The molecule has 0 aromatic heterocycles. The van der Waals surface area contributed by atoms with Gasteiger partial charge < -0.3 is 25.8 Å². The zero-order valence-electron chi connectivity index (χ0n) is 22.2. The summed E-state index contributed by atoms with van der Waals surface area (Å²) in [5, 5.41) is 13.0. The molecule has 0 spiro atoms. The first-order chi connectivity index (χ1) is 19.2. The van der Waals surface area contributed by atoms with Gasteiger partial charge in [0.25, 0.3) is 0 Å². The van der Waals surface area contributed by atoms with E-state index in [4.69, 9.17) is 33.7 Å². The van der Waals surface area contributed by atoms with E-state index in [9.17, 15) is 19.5 Å². The maximum atomic E-state index is 13.1. The molecule has 0 saturated carbocycles. The lowest BCUT2D eigenvalue weighted by Gasteiger charge is -2.33. The summed E-state index contributed by atoms with van der Waals surface area (Å²) in [6.07, 6.45) is -1.36. The molecule has 0 fully saturated rings. The summed E-state index contributed by atoms with van der Waals surface area (Å²) < 4.78 is 5.48. The number of nitrogens with zero attached hydrogens (tertiary/aromatic N) is 1. The second kappa shape index (κ2) is 14.6. The summed E-state index contributed by atoms with van der Waals surface area (Å²) in [6.45, 7) is 3.05. The van der Waals surface area contributed by atoms with E-state index in [-0.39, 0.29) is 18.6 Å². The van der Waals surface area contributed by atoms with Crippen LogP contribution in [0.1, 0.15) is 29.0 Å². The Morgan fingerprint density at radius 3 is 2.17 bits per heavy atom. The molecule has 10 heteroatoms. The minimum Gasteiger partial charge on any atom is -0.479 e. The summed E-state index contributed by atoms with van der Waals surface area (Å²) in [5.41, 5.74) is 6.81. The summed E-state index contributed by atoms with van der Waals surface area (Å²) in [5.74, 6) is -1.94. The molecule has 0 saturated heterocycles. The van der Waals surface area contributed by atoms with E-state index in [2.05, 4.69) is 5.32 Å². The number of ether oxygens (including phenoxy) is 1. The fourth-order valence-electron chi connectivity index (χ4n) is 4.57. The van der Waals surface area contributed by atoms with Gasteiger partial charge in [-0.2, -0.15) is 0 Å². The third-order valence-corrected chi connectivity index (χ3v) is 6.90. The van der Waals surface area contributed by atoms with E-state index < -0.39 is 29.4 Å². The molecule has 2 amide bonds. The largest absolute Gasteiger partial charge is 0.479 e. The van der Waals surface area contributed by atoms with E-state index >= 15 is 0 Å². The molecular weight excluding hydrogens is 553 g/mol. The molecule has 1 unspecified atom stereocenters. The molecule has 40 heavy (non-hydrogen) atoms. The van der Waals surface area contributed by atoms with Crippen molar-refractivity contribution in [1.29, 1.82) is 0 Å². The number of amides is 2. The topological polar surface area (TPSA) is 122 Å². The Kier molecular flexibility index (Phi) is 11.2. The Morgan fingerprint density at radius 2 is 1.62 bits per heavy atom. The Morgan fingerprint density at radius 1 is 0.975 bits per heavy atom. The predicted octanol–water partition coefficient (Wildman–Crippen LogP) is 5.09. The summed E-state index contributed by atoms with van der Waals surface area (Å²) in [6, 6.07) is 22.7. The number of hydrogen-bond donors (Lipinski definition) is 3. The van der Waals surface area contributed by atoms with Crippen LogP contribution in [0.25, 0.3) is 0 Å². The average molecular weight is 587 g/mol. The first kappa shape index (κ1) is 30.8. The third kappa shape index (κ3) is 8.37. The number of carboxylic acids is 1. The minimum absolute atomic E-state index is 0.0986. The van der Waals surface area contributed by atoms with Gasteiger partial charge in [-0.1, -0.05) is 60.2 Å². The van der Waals surface area contributed by atoms with Crippen molar-refractivity contribution in [3.05, 3.63) is 95.6 Å². The van der Waals surface area contributed by atoms with Crippen LogP contribution in [0.4, 0.5) is 10.5 Å². The molecule has 0 heterocycles. The zero-order valence-corrected chi connectivity index (χ0v) is 23.7. The highest BCUT2D eigenvalue weighted by Gasteiger charge is 2.44. The van der Waals surface area contributed by atoms with Crippen LogP contribution >= 0.6 is 23.2 Å². The Labute approximate surface area is 244 Å². The highest BCUT2D eigenvalue weighted by atomic mass is 35.5. The molecule has 0 aliphatic heterocycles. The molecule has 3 aromatic carbocycles. The fraction of sp³-hybridized carbons (Fsp3) is 0.300. The maximum Gasteiger partial charge on any atom is 0.413 e. The number of nitrogens with two attached hydrogens (primary N) is 1. The number of aryl methyl sites for hydroxylation is 1. The van der Waals surface area contributed by atoms with Crippen molar-refractivity contribution in [3.63, 3.8) is 0 Å². The number of primary amides is 1. The van der Waals surface area contributed by atoms with Gasteiger partial charge >= 0.3 is 12.1 Å². The van der Waals surface area contributed by atoms with E-state index in [0.29, 0.717) is 36.0 Å². The molecule has 4 N–H and O–H groups in total. The zero-order chi connectivity index (χ0) is 29.1. The predicted molar refractivity (Wildman–Crippen MR) is 157 cm³/mol.